The molecule has 0 spiro atoms. The summed E-state index contributed by atoms with van der Waals surface area (Å²) in [6.45, 7) is 2.69. The Hall–Kier alpha value is -0.570. The maximum absolute atomic E-state index is 8.95. The van der Waals surface area contributed by atoms with E-state index in [9.17, 15) is 0 Å². The molecular formula is C9H16O3. The topological polar surface area (TPSA) is 38.8 Å². The summed E-state index contributed by atoms with van der Waals surface area (Å²) in [5.41, 5.74) is 0. The standard InChI is InChI=1S/C7H12O.C2H4O2/c1-5-2-3-6-7(4-5)8-6;1-4-2-3/h5-7H,2-4H2,1H3;2H,1H3. The van der Waals surface area contributed by atoms with Crippen LogP contribution in [0, 0.1) is 5.92 Å². The van der Waals surface area contributed by atoms with E-state index in [4.69, 9.17) is 9.53 Å². The van der Waals surface area contributed by atoms with Crippen LogP contribution in [0.4, 0.5) is 0 Å². The first-order valence-electron chi connectivity index (χ1n) is 4.39. The smallest absolute Gasteiger partial charge is 0.292 e. The van der Waals surface area contributed by atoms with Crippen LogP contribution in [0.2, 0.25) is 0 Å². The predicted octanol–water partition coefficient (Wildman–Crippen LogP) is 1.36. The molecule has 1 saturated heterocycles. The second-order valence-electron chi connectivity index (χ2n) is 3.46. The first-order valence-corrected chi connectivity index (χ1v) is 4.39. The fourth-order valence-corrected chi connectivity index (χ4v) is 1.60. The average molecular weight is 172 g/mol. The maximum Gasteiger partial charge on any atom is 0.292 e. The maximum atomic E-state index is 8.95. The van der Waals surface area contributed by atoms with Gasteiger partial charge in [-0.3, -0.25) is 4.79 Å². The third-order valence-corrected chi connectivity index (χ3v) is 2.36. The Labute approximate surface area is 73.0 Å². The Morgan fingerprint density at radius 2 is 2.08 bits per heavy atom. The van der Waals surface area contributed by atoms with Crippen LogP contribution in [0.25, 0.3) is 0 Å². The normalized spacial score (nSPS) is 37.0. The molecular weight excluding hydrogens is 156 g/mol. The molecule has 0 aromatic carbocycles. The van der Waals surface area contributed by atoms with Crippen LogP contribution in [-0.2, 0) is 14.3 Å². The zero-order chi connectivity index (χ0) is 8.97. The highest BCUT2D eigenvalue weighted by atomic mass is 16.6. The van der Waals surface area contributed by atoms with Gasteiger partial charge in [0.25, 0.3) is 6.47 Å². The van der Waals surface area contributed by atoms with Gasteiger partial charge in [0, 0.05) is 0 Å². The molecule has 0 aromatic heterocycles. The molecule has 12 heavy (non-hydrogen) atoms. The van der Waals surface area contributed by atoms with Crippen molar-refractivity contribution in [3.63, 3.8) is 0 Å². The lowest BCUT2D eigenvalue weighted by Gasteiger charge is -2.11. The van der Waals surface area contributed by atoms with Gasteiger partial charge in [-0.1, -0.05) is 6.92 Å². The van der Waals surface area contributed by atoms with Crippen molar-refractivity contribution < 1.29 is 14.3 Å². The van der Waals surface area contributed by atoms with Crippen LogP contribution in [0.15, 0.2) is 0 Å². The zero-order valence-corrected chi connectivity index (χ0v) is 7.66. The number of carbonyl (C=O) groups excluding carboxylic acids is 1. The van der Waals surface area contributed by atoms with Crippen LogP contribution in [0.5, 0.6) is 0 Å². The first-order chi connectivity index (χ1) is 5.77. The molecule has 0 aromatic rings. The van der Waals surface area contributed by atoms with E-state index in [0.717, 1.165) is 5.92 Å². The molecule has 2 aliphatic rings. The van der Waals surface area contributed by atoms with E-state index >= 15 is 0 Å². The zero-order valence-electron chi connectivity index (χ0n) is 7.66. The minimum absolute atomic E-state index is 0.375. The number of ether oxygens (including phenoxy) is 2. The summed E-state index contributed by atoms with van der Waals surface area (Å²) in [7, 11) is 1.31. The van der Waals surface area contributed by atoms with E-state index in [2.05, 4.69) is 11.7 Å². The Morgan fingerprint density at radius 1 is 1.42 bits per heavy atom. The molecule has 1 saturated carbocycles. The minimum atomic E-state index is 0.375. The minimum Gasteiger partial charge on any atom is -0.471 e. The number of hydrogen-bond acceptors (Lipinski definition) is 3. The highest BCUT2D eigenvalue weighted by Crippen LogP contribution is 2.38. The molecule has 70 valence electrons. The number of epoxide rings is 1. The van der Waals surface area contributed by atoms with Gasteiger partial charge in [0.15, 0.2) is 0 Å². The van der Waals surface area contributed by atoms with Crippen LogP contribution in [0.1, 0.15) is 26.2 Å². The number of methoxy groups -OCH3 is 1. The quantitative estimate of drug-likeness (QED) is 0.443. The average Bonchev–Trinajstić information content (AvgIpc) is 2.83. The van der Waals surface area contributed by atoms with Gasteiger partial charge in [-0.15, -0.1) is 0 Å². The molecule has 3 unspecified atom stereocenters. The van der Waals surface area contributed by atoms with Gasteiger partial charge in [-0.25, -0.2) is 0 Å². The van der Waals surface area contributed by atoms with Crippen molar-refractivity contribution in [1.82, 2.24) is 0 Å². The summed E-state index contributed by atoms with van der Waals surface area (Å²) >= 11 is 0. The van der Waals surface area contributed by atoms with Crippen molar-refractivity contribution in [3.8, 4) is 0 Å². The van der Waals surface area contributed by atoms with Crippen molar-refractivity contribution in [1.29, 1.82) is 0 Å². The largest absolute Gasteiger partial charge is 0.471 e. The second-order valence-corrected chi connectivity index (χ2v) is 3.46. The summed E-state index contributed by atoms with van der Waals surface area (Å²) in [5.74, 6) is 0.929. The Morgan fingerprint density at radius 3 is 2.50 bits per heavy atom. The lowest BCUT2D eigenvalue weighted by Crippen LogP contribution is -2.09. The first kappa shape index (κ1) is 9.52. The van der Waals surface area contributed by atoms with Crippen molar-refractivity contribution in [3.05, 3.63) is 0 Å². The van der Waals surface area contributed by atoms with E-state index in [-0.39, 0.29) is 0 Å². The van der Waals surface area contributed by atoms with Gasteiger partial charge in [-0.05, 0) is 25.2 Å². The van der Waals surface area contributed by atoms with Crippen LogP contribution in [0.3, 0.4) is 0 Å². The third kappa shape index (κ3) is 2.81. The van der Waals surface area contributed by atoms with Crippen molar-refractivity contribution in [2.45, 2.75) is 38.4 Å². The molecule has 1 aliphatic heterocycles. The van der Waals surface area contributed by atoms with E-state index in [1.54, 1.807) is 0 Å². The van der Waals surface area contributed by atoms with E-state index < -0.39 is 0 Å². The molecule has 3 atom stereocenters. The van der Waals surface area contributed by atoms with Gasteiger partial charge in [0.05, 0.1) is 19.3 Å². The number of fused-ring (bicyclic) bond motifs is 1. The van der Waals surface area contributed by atoms with Crippen molar-refractivity contribution in [2.75, 3.05) is 7.11 Å². The SMILES string of the molecule is CC1CCC2OC2C1.COC=O. The lowest BCUT2D eigenvalue weighted by atomic mass is 9.91. The lowest BCUT2D eigenvalue weighted by molar-refractivity contribution is -0.126. The summed E-state index contributed by atoms with van der Waals surface area (Å²) in [6.07, 6.45) is 5.41. The summed E-state index contributed by atoms with van der Waals surface area (Å²) in [4.78, 5) is 8.95. The Bertz CT molecular complexity index is 147. The van der Waals surface area contributed by atoms with E-state index in [1.165, 1.54) is 26.4 Å². The molecule has 3 nitrogen and oxygen atoms in total. The van der Waals surface area contributed by atoms with Crippen LogP contribution < -0.4 is 0 Å². The molecule has 0 N–H and O–H groups in total. The molecule has 3 heteroatoms. The number of carbonyl (C=O) groups is 1. The highest BCUT2D eigenvalue weighted by Gasteiger charge is 2.42. The van der Waals surface area contributed by atoms with Gasteiger partial charge in [0.1, 0.15) is 0 Å². The summed E-state index contributed by atoms with van der Waals surface area (Å²) in [5, 5.41) is 0. The Kier molecular flexibility index (Phi) is 3.53. The monoisotopic (exact) mass is 172 g/mol. The predicted molar refractivity (Wildman–Crippen MR) is 44.7 cm³/mol. The number of hydrogen-bond donors (Lipinski definition) is 0. The van der Waals surface area contributed by atoms with Crippen LogP contribution in [-0.4, -0.2) is 25.8 Å². The second kappa shape index (κ2) is 4.45. The summed E-state index contributed by atoms with van der Waals surface area (Å²) in [6, 6.07) is 0. The van der Waals surface area contributed by atoms with Crippen molar-refractivity contribution >= 4 is 6.47 Å². The fraction of sp³-hybridized carbons (Fsp3) is 0.889. The Balaban J connectivity index is 0.000000157. The molecule has 0 radical (unpaired) electrons. The third-order valence-electron chi connectivity index (χ3n) is 2.36. The highest BCUT2D eigenvalue weighted by molar-refractivity contribution is 5.36. The molecule has 1 aliphatic carbocycles. The van der Waals surface area contributed by atoms with Gasteiger partial charge in [-0.2, -0.15) is 0 Å². The van der Waals surface area contributed by atoms with Gasteiger partial charge in [0.2, 0.25) is 0 Å². The fourth-order valence-electron chi connectivity index (χ4n) is 1.60. The molecule has 2 fully saturated rings. The van der Waals surface area contributed by atoms with Crippen molar-refractivity contribution in [2.24, 2.45) is 5.92 Å². The molecule has 1 heterocycles. The van der Waals surface area contributed by atoms with E-state index in [1.807, 2.05) is 0 Å². The molecule has 0 bridgehead atoms. The van der Waals surface area contributed by atoms with E-state index in [0.29, 0.717) is 18.7 Å². The molecule has 0 amide bonds. The van der Waals surface area contributed by atoms with Gasteiger partial charge < -0.3 is 9.47 Å². The molecule has 2 rings (SSSR count). The van der Waals surface area contributed by atoms with Gasteiger partial charge >= 0.3 is 0 Å². The number of rotatable bonds is 1. The summed E-state index contributed by atoms with van der Waals surface area (Å²) < 4.78 is 9.21. The van der Waals surface area contributed by atoms with Crippen LogP contribution >= 0.6 is 0 Å².